The van der Waals surface area contributed by atoms with Crippen LogP contribution < -0.4 is 10.3 Å². The Morgan fingerprint density at radius 1 is 0.900 bits per heavy atom. The highest BCUT2D eigenvalue weighted by Crippen LogP contribution is 2.22. The van der Waals surface area contributed by atoms with Crippen LogP contribution in [0, 0.1) is 0 Å². The van der Waals surface area contributed by atoms with Crippen LogP contribution in [0.25, 0.3) is 22.2 Å². The van der Waals surface area contributed by atoms with Gasteiger partial charge >= 0.3 is 0 Å². The van der Waals surface area contributed by atoms with Crippen LogP contribution in [0.4, 0.5) is 5.95 Å². The monoisotopic (exact) mass is 399 g/mol. The van der Waals surface area contributed by atoms with Crippen molar-refractivity contribution in [3.05, 3.63) is 83.1 Å². The lowest BCUT2D eigenvalue weighted by Gasteiger charge is -2.34. The van der Waals surface area contributed by atoms with Gasteiger partial charge in [-0.25, -0.2) is 9.97 Å². The van der Waals surface area contributed by atoms with Gasteiger partial charge in [0.1, 0.15) is 5.58 Å². The largest absolute Gasteiger partial charge is 0.464 e. The quantitative estimate of drug-likeness (QED) is 0.522. The van der Waals surface area contributed by atoms with Gasteiger partial charge in [-0.2, -0.15) is 0 Å². The number of aromatic nitrogens is 3. The Labute approximate surface area is 173 Å². The van der Waals surface area contributed by atoms with Crippen LogP contribution in [0.2, 0.25) is 0 Å². The van der Waals surface area contributed by atoms with Gasteiger partial charge in [0.05, 0.1) is 17.3 Å². The van der Waals surface area contributed by atoms with Crippen molar-refractivity contribution >= 4 is 16.9 Å². The highest BCUT2D eigenvalue weighted by Gasteiger charge is 2.20. The molecule has 0 saturated carbocycles. The zero-order chi connectivity index (χ0) is 20.3. The molecule has 7 heteroatoms. The first-order valence-corrected chi connectivity index (χ1v) is 9.98. The summed E-state index contributed by atoms with van der Waals surface area (Å²) in [6.07, 6.45) is 6.86. The van der Waals surface area contributed by atoms with E-state index in [-0.39, 0.29) is 5.43 Å². The van der Waals surface area contributed by atoms with Crippen molar-refractivity contribution in [2.24, 2.45) is 0 Å². The molecular weight excluding hydrogens is 378 g/mol. The van der Waals surface area contributed by atoms with E-state index in [0.717, 1.165) is 43.4 Å². The van der Waals surface area contributed by atoms with E-state index >= 15 is 0 Å². The van der Waals surface area contributed by atoms with Crippen molar-refractivity contribution in [1.29, 1.82) is 0 Å². The van der Waals surface area contributed by atoms with Gasteiger partial charge in [0.15, 0.2) is 5.43 Å². The fourth-order valence-corrected chi connectivity index (χ4v) is 3.77. The van der Waals surface area contributed by atoms with Gasteiger partial charge in [-0.3, -0.25) is 14.7 Å². The van der Waals surface area contributed by atoms with Crippen LogP contribution >= 0.6 is 0 Å². The number of hydrogen-bond donors (Lipinski definition) is 0. The number of piperazine rings is 1. The second kappa shape index (κ2) is 8.04. The second-order valence-corrected chi connectivity index (χ2v) is 7.33. The molecule has 1 aliphatic rings. The van der Waals surface area contributed by atoms with Gasteiger partial charge in [-0.15, -0.1) is 0 Å². The van der Waals surface area contributed by atoms with Crippen LogP contribution in [-0.4, -0.2) is 46.0 Å². The lowest BCUT2D eigenvalue weighted by atomic mass is 10.1. The minimum Gasteiger partial charge on any atom is -0.464 e. The van der Waals surface area contributed by atoms with Gasteiger partial charge in [-0.05, 0) is 36.4 Å². The molecule has 7 nitrogen and oxygen atoms in total. The molecule has 1 aromatic carbocycles. The number of fused-ring (bicyclic) bond motifs is 1. The molecule has 0 atom stereocenters. The number of nitrogens with zero attached hydrogens (tertiary/aromatic N) is 5. The van der Waals surface area contributed by atoms with Crippen molar-refractivity contribution in [3.63, 3.8) is 0 Å². The topological polar surface area (TPSA) is 75.4 Å². The van der Waals surface area contributed by atoms with E-state index < -0.39 is 0 Å². The standard InChI is InChI=1S/C23H21N5O2/c29-22-18(15-27-10-12-28(13-11-27)23-25-8-3-9-26-23)16-30-21-6-5-17(14-19(21)22)20-4-1-2-7-24-20/h1-9,14,16H,10-13,15H2. The fraction of sp³-hybridized carbons (Fsp3) is 0.217. The number of benzene rings is 1. The number of hydrogen-bond acceptors (Lipinski definition) is 7. The van der Waals surface area contributed by atoms with Gasteiger partial charge in [0.25, 0.3) is 0 Å². The molecule has 5 rings (SSSR count). The molecule has 1 saturated heterocycles. The lowest BCUT2D eigenvalue weighted by Crippen LogP contribution is -2.47. The summed E-state index contributed by atoms with van der Waals surface area (Å²) in [5, 5.41) is 0.590. The van der Waals surface area contributed by atoms with Gasteiger partial charge < -0.3 is 9.32 Å². The normalized spacial score (nSPS) is 14.9. The summed E-state index contributed by atoms with van der Waals surface area (Å²) in [6.45, 7) is 3.89. The van der Waals surface area contributed by atoms with Gasteiger partial charge in [-0.1, -0.05) is 6.07 Å². The summed E-state index contributed by atoms with van der Waals surface area (Å²) in [7, 11) is 0. The third kappa shape index (κ3) is 3.67. The van der Waals surface area contributed by atoms with Crippen LogP contribution in [0.3, 0.4) is 0 Å². The molecule has 0 amide bonds. The molecule has 4 aromatic rings. The van der Waals surface area contributed by atoms with Crippen molar-refractivity contribution in [2.45, 2.75) is 6.54 Å². The maximum atomic E-state index is 13.1. The SMILES string of the molecule is O=c1c(CN2CCN(c3ncccn3)CC2)coc2ccc(-c3ccccn3)cc12. The molecule has 3 aromatic heterocycles. The lowest BCUT2D eigenvalue weighted by molar-refractivity contribution is 0.246. The first-order valence-electron chi connectivity index (χ1n) is 9.98. The Morgan fingerprint density at radius 3 is 2.47 bits per heavy atom. The van der Waals surface area contributed by atoms with Crippen LogP contribution in [-0.2, 0) is 6.54 Å². The third-order valence-electron chi connectivity index (χ3n) is 5.41. The Morgan fingerprint density at radius 2 is 1.70 bits per heavy atom. The van der Waals surface area contributed by atoms with Gasteiger partial charge in [0, 0.05) is 62.4 Å². The molecule has 0 N–H and O–H groups in total. The van der Waals surface area contributed by atoms with Crippen LogP contribution in [0.15, 0.2) is 76.5 Å². The van der Waals surface area contributed by atoms with E-state index in [1.54, 1.807) is 24.9 Å². The number of anilines is 1. The van der Waals surface area contributed by atoms with E-state index in [4.69, 9.17) is 4.42 Å². The maximum Gasteiger partial charge on any atom is 0.225 e. The Hall–Kier alpha value is -3.58. The van der Waals surface area contributed by atoms with Crippen molar-refractivity contribution < 1.29 is 4.42 Å². The molecule has 150 valence electrons. The third-order valence-corrected chi connectivity index (χ3v) is 5.41. The summed E-state index contributed by atoms with van der Waals surface area (Å²) in [5.41, 5.74) is 3.02. The zero-order valence-corrected chi connectivity index (χ0v) is 16.4. The Balaban J connectivity index is 1.35. The van der Waals surface area contributed by atoms with Crippen molar-refractivity contribution in [2.75, 3.05) is 31.1 Å². The smallest absolute Gasteiger partial charge is 0.225 e. The zero-order valence-electron chi connectivity index (χ0n) is 16.4. The molecule has 4 heterocycles. The van der Waals surface area contributed by atoms with E-state index in [1.165, 1.54) is 0 Å². The molecular formula is C23H21N5O2. The molecule has 0 aliphatic carbocycles. The molecule has 0 bridgehead atoms. The fourth-order valence-electron chi connectivity index (χ4n) is 3.77. The predicted molar refractivity (Wildman–Crippen MR) is 115 cm³/mol. The summed E-state index contributed by atoms with van der Waals surface area (Å²) in [6, 6.07) is 13.2. The highest BCUT2D eigenvalue weighted by atomic mass is 16.3. The Kier molecular flexibility index (Phi) is 4.94. The summed E-state index contributed by atoms with van der Waals surface area (Å²) >= 11 is 0. The summed E-state index contributed by atoms with van der Waals surface area (Å²) in [5.74, 6) is 0.754. The van der Waals surface area contributed by atoms with Gasteiger partial charge in [0.2, 0.25) is 5.95 Å². The van der Waals surface area contributed by atoms with E-state index in [2.05, 4.69) is 24.8 Å². The van der Waals surface area contributed by atoms with Crippen molar-refractivity contribution in [1.82, 2.24) is 19.9 Å². The summed E-state index contributed by atoms with van der Waals surface area (Å²) < 4.78 is 5.77. The number of rotatable bonds is 4. The molecule has 0 spiro atoms. The Bertz CT molecular complexity index is 1200. The van der Waals surface area contributed by atoms with E-state index in [9.17, 15) is 4.79 Å². The minimum atomic E-state index is 0.0165. The number of pyridine rings is 1. The molecule has 0 radical (unpaired) electrons. The summed E-state index contributed by atoms with van der Waals surface area (Å²) in [4.78, 5) is 30.6. The van der Waals surface area contributed by atoms with Crippen molar-refractivity contribution in [3.8, 4) is 11.3 Å². The maximum absolute atomic E-state index is 13.1. The highest BCUT2D eigenvalue weighted by molar-refractivity contribution is 5.82. The first-order chi connectivity index (χ1) is 14.8. The van der Waals surface area contributed by atoms with E-state index in [0.29, 0.717) is 23.1 Å². The predicted octanol–water partition coefficient (Wildman–Crippen LogP) is 2.97. The van der Waals surface area contributed by atoms with Crippen LogP contribution in [0.1, 0.15) is 5.56 Å². The molecule has 1 aliphatic heterocycles. The first kappa shape index (κ1) is 18.4. The molecule has 30 heavy (non-hydrogen) atoms. The van der Waals surface area contributed by atoms with E-state index in [1.807, 2.05) is 42.5 Å². The minimum absolute atomic E-state index is 0.0165. The average molecular weight is 399 g/mol. The van der Waals surface area contributed by atoms with Crippen LogP contribution in [0.5, 0.6) is 0 Å². The second-order valence-electron chi connectivity index (χ2n) is 7.33. The molecule has 1 fully saturated rings. The molecule has 0 unspecified atom stereocenters. The average Bonchev–Trinajstić information content (AvgIpc) is 2.82.